The van der Waals surface area contributed by atoms with Crippen molar-refractivity contribution in [3.8, 4) is 0 Å². The van der Waals surface area contributed by atoms with Crippen LogP contribution in [0.15, 0.2) is 182 Å². The van der Waals surface area contributed by atoms with Crippen molar-refractivity contribution >= 4 is 84.8 Å². The molecule has 0 atom stereocenters. The summed E-state index contributed by atoms with van der Waals surface area (Å²) < 4.78 is 66.9. The number of barbiturate groups is 3. The van der Waals surface area contributed by atoms with Crippen LogP contribution in [0.2, 0.25) is 0 Å². The molecule has 0 aromatic heterocycles. The molecule has 0 radical (unpaired) electrons. The van der Waals surface area contributed by atoms with Crippen molar-refractivity contribution in [3.63, 3.8) is 0 Å². The van der Waals surface area contributed by atoms with Gasteiger partial charge in [-0.15, -0.1) is 0 Å². The van der Waals surface area contributed by atoms with E-state index in [0.717, 1.165) is 0 Å². The number of carbonyl (C=O) groups is 9. The molecule has 32 nitrogen and oxygen atoms in total. The van der Waals surface area contributed by atoms with Gasteiger partial charge in [0.2, 0.25) is 0 Å². The number of nitrogens with one attached hydrogen (secondary N) is 1. The van der Waals surface area contributed by atoms with E-state index in [2.05, 4.69) is 23.4 Å². The van der Waals surface area contributed by atoms with Crippen LogP contribution in [-0.4, -0.2) is 158 Å². The molecule has 3 saturated heterocycles. The quantitative estimate of drug-likeness (QED) is 0.0390. The molecule has 0 unspecified atom stereocenters. The number of imide groups is 6. The smallest absolute Gasteiger partial charge is 0.364 e. The first-order valence-corrected chi connectivity index (χ1v) is 31.7. The number of urea groups is 3. The van der Waals surface area contributed by atoms with Crippen LogP contribution in [0.25, 0.3) is 0 Å². The van der Waals surface area contributed by atoms with Gasteiger partial charge in [0, 0.05) is 7.11 Å². The van der Waals surface area contributed by atoms with Gasteiger partial charge < -0.3 is 43.9 Å². The number of rotatable bonds is 20. The van der Waals surface area contributed by atoms with E-state index in [0.29, 0.717) is 25.8 Å². The summed E-state index contributed by atoms with van der Waals surface area (Å²) in [5.74, 6) is -6.03. The number of phosphoric acid groups is 4. The monoisotopic (exact) mass is 1320 g/mol. The van der Waals surface area contributed by atoms with Crippen molar-refractivity contribution in [2.45, 2.75) is 16.2 Å². The minimum Gasteiger partial charge on any atom is -0.364 e. The third-order valence-corrected chi connectivity index (χ3v) is 15.3. The van der Waals surface area contributed by atoms with Gasteiger partial charge in [0.25, 0.3) is 35.4 Å². The van der Waals surface area contributed by atoms with E-state index in [4.69, 9.17) is 43.9 Å². The van der Waals surface area contributed by atoms with Gasteiger partial charge in [-0.25, -0.2) is 57.1 Å². The Kier molecular flexibility index (Phi) is 21.6. The molecule has 3 fully saturated rings. The Morgan fingerprint density at radius 3 is 0.744 bits per heavy atom. The first kappa shape index (κ1) is 69.0. The second-order valence-electron chi connectivity index (χ2n) is 18.8. The number of methoxy groups -OCH3 is 1. The normalized spacial score (nSPS) is 16.9. The SMILES string of the molecule is COCN1C(=O)N(COP(=O)(O)O)C(=O)C(c2ccccc2)(c2ccccc2)C1=O.O=C1N(COP(=O)(O)O)C(=O)C(c2ccccc2)(c2ccccc2)C(=O)N1COP(=O)(O)O.O=C1NC(=O)C(c2ccccc2)(c2ccccc2)C(=O)N1COP(=O)(O)O. The highest BCUT2D eigenvalue weighted by Gasteiger charge is 2.62. The summed E-state index contributed by atoms with van der Waals surface area (Å²) in [7, 11) is -19.0. The third kappa shape index (κ3) is 14.7. The molecular weight excluding hydrogens is 1270 g/mol. The fourth-order valence-corrected chi connectivity index (χ4v) is 10.7. The number of hydrogen-bond acceptors (Lipinski definition) is 18. The van der Waals surface area contributed by atoms with Gasteiger partial charge in [-0.2, -0.15) is 0 Å². The Morgan fingerprint density at radius 1 is 0.322 bits per heavy atom. The van der Waals surface area contributed by atoms with Crippen LogP contribution >= 0.6 is 31.3 Å². The van der Waals surface area contributed by atoms with Crippen LogP contribution in [0.4, 0.5) is 14.4 Å². The minimum atomic E-state index is -5.15. The molecule has 9 N–H and O–H groups in total. The van der Waals surface area contributed by atoms with Gasteiger partial charge in [0.05, 0.1) is 0 Å². The molecule has 90 heavy (non-hydrogen) atoms. The zero-order valence-corrected chi connectivity index (χ0v) is 49.9. The Bertz CT molecular complexity index is 3690. The van der Waals surface area contributed by atoms with Crippen molar-refractivity contribution in [2.75, 3.05) is 40.8 Å². The van der Waals surface area contributed by atoms with E-state index < -0.39 is 135 Å². The fraction of sp³-hybridized carbons (Fsp3) is 0.167. The second kappa shape index (κ2) is 28.2. The van der Waals surface area contributed by atoms with Crippen molar-refractivity contribution in [3.05, 3.63) is 215 Å². The lowest BCUT2D eigenvalue weighted by Crippen LogP contribution is -2.68. The molecule has 9 rings (SSSR count). The summed E-state index contributed by atoms with van der Waals surface area (Å²) in [5, 5.41) is 2.08. The van der Waals surface area contributed by atoms with E-state index in [9.17, 15) is 61.4 Å². The van der Waals surface area contributed by atoms with E-state index in [-0.39, 0.29) is 32.1 Å². The highest BCUT2D eigenvalue weighted by molar-refractivity contribution is 7.47. The molecule has 36 heteroatoms. The predicted octanol–water partition coefficient (Wildman–Crippen LogP) is 3.45. The zero-order valence-electron chi connectivity index (χ0n) is 46.3. The fourth-order valence-electron chi connectivity index (χ4n) is 9.64. The molecule has 3 heterocycles. The Labute approximate surface area is 508 Å². The van der Waals surface area contributed by atoms with E-state index in [1.165, 1.54) is 55.6 Å². The van der Waals surface area contributed by atoms with Gasteiger partial charge in [-0.3, -0.25) is 52.2 Å². The molecule has 12 amide bonds. The van der Waals surface area contributed by atoms with E-state index in [1.807, 2.05) is 0 Å². The van der Waals surface area contributed by atoms with Crippen LogP contribution in [0.1, 0.15) is 33.4 Å². The number of nitrogens with zero attached hydrogens (tertiary/aromatic N) is 5. The largest absolute Gasteiger partial charge is 0.471 e. The van der Waals surface area contributed by atoms with Crippen molar-refractivity contribution in [1.29, 1.82) is 0 Å². The lowest BCUT2D eigenvalue weighted by atomic mass is 9.71. The summed E-state index contributed by atoms with van der Waals surface area (Å²) in [6.45, 7) is -5.02. The number of hydrogen-bond donors (Lipinski definition) is 9. The molecule has 0 saturated carbocycles. The van der Waals surface area contributed by atoms with E-state index >= 15 is 0 Å². The first-order chi connectivity index (χ1) is 42.4. The van der Waals surface area contributed by atoms with Crippen molar-refractivity contribution in [2.24, 2.45) is 0 Å². The Morgan fingerprint density at radius 2 is 0.522 bits per heavy atom. The van der Waals surface area contributed by atoms with E-state index in [1.54, 1.807) is 133 Å². The lowest BCUT2D eigenvalue weighted by Gasteiger charge is -2.44. The first-order valence-electron chi connectivity index (χ1n) is 25.5. The number of phosphoric ester groups is 4. The summed E-state index contributed by atoms with van der Waals surface area (Å²) in [6.07, 6.45) is 0. The Balaban J connectivity index is 0.000000193. The average Bonchev–Trinajstić information content (AvgIpc) is 0.746. The molecule has 0 spiro atoms. The lowest BCUT2D eigenvalue weighted by molar-refractivity contribution is -0.156. The van der Waals surface area contributed by atoms with Gasteiger partial charge in [-0.1, -0.05) is 182 Å². The van der Waals surface area contributed by atoms with Crippen molar-refractivity contribution in [1.82, 2.24) is 29.8 Å². The van der Waals surface area contributed by atoms with Gasteiger partial charge in [0.1, 0.15) is 33.7 Å². The second-order valence-corrected chi connectivity index (χ2v) is 23.8. The number of benzene rings is 6. The molecule has 6 aromatic rings. The Hall–Kier alpha value is -8.45. The third-order valence-electron chi connectivity index (χ3n) is 13.5. The molecule has 6 aromatic carbocycles. The average molecular weight is 1320 g/mol. The zero-order chi connectivity index (χ0) is 66.0. The molecule has 0 aliphatic carbocycles. The van der Waals surface area contributed by atoms with Crippen molar-refractivity contribution < 1.29 is 123 Å². The highest BCUT2D eigenvalue weighted by atomic mass is 31.2. The van der Waals surface area contributed by atoms with Gasteiger partial charge >= 0.3 is 49.4 Å². The molecule has 474 valence electrons. The minimum absolute atomic E-state index is 0.0843. The number of ether oxygens (including phenoxy) is 1. The summed E-state index contributed by atoms with van der Waals surface area (Å²) in [6, 6.07) is 43.6. The van der Waals surface area contributed by atoms with Crippen LogP contribution in [0.3, 0.4) is 0 Å². The van der Waals surface area contributed by atoms with Gasteiger partial charge in [-0.05, 0) is 33.4 Å². The maximum atomic E-state index is 13.7. The summed E-state index contributed by atoms with van der Waals surface area (Å²) >= 11 is 0. The maximum Gasteiger partial charge on any atom is 0.471 e. The molecule has 0 bridgehead atoms. The summed E-state index contributed by atoms with van der Waals surface area (Å²) in [4.78, 5) is 193. The highest BCUT2D eigenvalue weighted by Crippen LogP contribution is 2.46. The molecule has 3 aliphatic heterocycles. The van der Waals surface area contributed by atoms with Crippen LogP contribution in [0, 0.1) is 0 Å². The molecule has 3 aliphatic rings. The topological polar surface area (TPSA) is 458 Å². The molecular formula is C54H52N6O26P4. The predicted molar refractivity (Wildman–Crippen MR) is 303 cm³/mol. The standard InChI is InChI=1S/C19H19N2O8P.C18H18N2O11P2.C17H15N2O7P/c1-28-12-20-16(22)19(14-8-4-2-5-9-14,15-10-6-3-7-11-15)17(23)21(18(20)24)13-29-30(25,26)27;21-15-18(13-7-3-1-4-8-13,14-9-5-2-6-10-14)16(22)20(12-31-33(27,28)29)17(23)19(15)11-30-32(24,25)26;20-14-17(12-7-3-1-4-8-12,13-9-5-2-6-10-13)15(21)19(16(22)18-14)11-26-27(23,24)25/h2-11H,12-13H2,1H3,(H2,25,26,27);1-10H,11-12H2,(H2,24,25,26)(H2,27,28,29);1-10H,11H2,(H,18,20,22)(H2,23,24,25). The van der Waals surface area contributed by atoms with Crippen LogP contribution < -0.4 is 5.32 Å². The summed E-state index contributed by atoms with van der Waals surface area (Å²) in [5.41, 5.74) is -4.82. The maximum absolute atomic E-state index is 13.7. The number of carbonyl (C=O) groups excluding carboxylic acids is 9. The van der Waals surface area contributed by atoms with Gasteiger partial charge in [0.15, 0.2) is 16.2 Å². The van der Waals surface area contributed by atoms with Crippen LogP contribution in [-0.2, 0) is 86.1 Å². The number of amides is 12. The van der Waals surface area contributed by atoms with Crippen LogP contribution in [0.5, 0.6) is 0 Å².